The van der Waals surface area contributed by atoms with Gasteiger partial charge >= 0.3 is 5.97 Å². The molecule has 0 saturated carbocycles. The summed E-state index contributed by atoms with van der Waals surface area (Å²) in [5.41, 5.74) is 2.34. The lowest BCUT2D eigenvalue weighted by Gasteiger charge is -2.13. The van der Waals surface area contributed by atoms with Gasteiger partial charge in [0.2, 0.25) is 0 Å². The highest BCUT2D eigenvalue weighted by Gasteiger charge is 2.20. The van der Waals surface area contributed by atoms with E-state index in [1.165, 1.54) is 6.07 Å². The number of benzene rings is 2. The van der Waals surface area contributed by atoms with Gasteiger partial charge in [0.05, 0.1) is 11.3 Å². The van der Waals surface area contributed by atoms with E-state index >= 15 is 0 Å². The number of rotatable bonds is 7. The van der Waals surface area contributed by atoms with E-state index < -0.39 is 23.4 Å². The fourth-order valence-corrected chi connectivity index (χ4v) is 2.64. The lowest BCUT2D eigenvalue weighted by atomic mass is 9.98. The zero-order valence-corrected chi connectivity index (χ0v) is 15.5. The number of amides is 1. The van der Waals surface area contributed by atoms with Crippen LogP contribution in [0.2, 0.25) is 0 Å². The molecule has 0 radical (unpaired) electrons. The monoisotopic (exact) mass is 370 g/mol. The molecule has 0 aliphatic heterocycles. The predicted octanol–water partition coefficient (Wildman–Crippen LogP) is 3.89. The Morgan fingerprint density at radius 3 is 2.44 bits per heavy atom. The molecule has 0 aliphatic carbocycles. The number of nitrogens with zero attached hydrogens (tertiary/aromatic N) is 1. The van der Waals surface area contributed by atoms with E-state index in [-0.39, 0.29) is 23.7 Å². The highest BCUT2D eigenvalue weighted by molar-refractivity contribution is 5.96. The normalized spacial score (nSPS) is 11.5. The molecule has 0 aliphatic rings. The molecule has 2 aromatic rings. The van der Waals surface area contributed by atoms with Crippen LogP contribution in [-0.2, 0) is 14.3 Å². The van der Waals surface area contributed by atoms with Crippen molar-refractivity contribution in [3.8, 4) is 0 Å². The van der Waals surface area contributed by atoms with Gasteiger partial charge in [-0.05, 0) is 36.5 Å². The summed E-state index contributed by atoms with van der Waals surface area (Å²) in [6.07, 6.45) is 0.140. The largest absolute Gasteiger partial charge is 0.456 e. The summed E-state index contributed by atoms with van der Waals surface area (Å²) in [5.74, 6) is -1.16. The molecule has 0 aromatic heterocycles. The summed E-state index contributed by atoms with van der Waals surface area (Å²) in [6.45, 7) is 4.88. The first kappa shape index (κ1) is 20.1. The van der Waals surface area contributed by atoms with Gasteiger partial charge in [-0.2, -0.15) is 0 Å². The van der Waals surface area contributed by atoms with E-state index in [2.05, 4.69) is 5.32 Å². The van der Waals surface area contributed by atoms with Gasteiger partial charge in [0, 0.05) is 6.07 Å². The van der Waals surface area contributed by atoms with Crippen LogP contribution in [-0.4, -0.2) is 23.4 Å². The Morgan fingerprint density at radius 1 is 1.15 bits per heavy atom. The second kappa shape index (κ2) is 8.93. The average Bonchev–Trinajstić information content (AvgIpc) is 2.64. The van der Waals surface area contributed by atoms with Crippen LogP contribution in [0, 0.1) is 24.0 Å². The van der Waals surface area contributed by atoms with Crippen LogP contribution in [0.5, 0.6) is 0 Å². The van der Waals surface area contributed by atoms with Crippen molar-refractivity contribution in [1.82, 2.24) is 0 Å². The molecule has 0 spiro atoms. The number of aryl methyl sites for hydroxylation is 1. The number of ether oxygens (including phenoxy) is 1. The summed E-state index contributed by atoms with van der Waals surface area (Å²) in [4.78, 5) is 34.7. The zero-order valence-electron chi connectivity index (χ0n) is 15.5. The SMILES string of the molecule is Cc1ccc([N+](=O)[O-])c(NC(=O)COC(=O)C[C@@H](C)c2ccccc2)c1C. The van der Waals surface area contributed by atoms with E-state index in [1.54, 1.807) is 19.9 Å². The van der Waals surface area contributed by atoms with Crippen LogP contribution in [0.25, 0.3) is 0 Å². The number of esters is 1. The molecular weight excluding hydrogens is 348 g/mol. The Bertz CT molecular complexity index is 849. The molecule has 0 heterocycles. The minimum absolute atomic E-state index is 0.0399. The van der Waals surface area contributed by atoms with Crippen molar-refractivity contribution in [3.63, 3.8) is 0 Å². The first-order valence-corrected chi connectivity index (χ1v) is 8.54. The number of carbonyl (C=O) groups is 2. The Labute approximate surface area is 157 Å². The number of nitro groups is 1. The van der Waals surface area contributed by atoms with E-state index in [9.17, 15) is 19.7 Å². The highest BCUT2D eigenvalue weighted by atomic mass is 16.6. The van der Waals surface area contributed by atoms with Crippen molar-refractivity contribution in [2.75, 3.05) is 11.9 Å². The van der Waals surface area contributed by atoms with Gasteiger partial charge in [0.15, 0.2) is 6.61 Å². The summed E-state index contributed by atoms with van der Waals surface area (Å²) in [7, 11) is 0. The number of nitrogens with one attached hydrogen (secondary N) is 1. The first-order valence-electron chi connectivity index (χ1n) is 8.54. The Morgan fingerprint density at radius 2 is 1.81 bits per heavy atom. The number of hydrogen-bond donors (Lipinski definition) is 1. The third-order valence-corrected chi connectivity index (χ3v) is 4.38. The summed E-state index contributed by atoms with van der Waals surface area (Å²) >= 11 is 0. The molecule has 1 atom stereocenters. The average molecular weight is 370 g/mol. The van der Waals surface area contributed by atoms with Gasteiger partial charge in [-0.15, -0.1) is 0 Å². The van der Waals surface area contributed by atoms with E-state index in [0.29, 0.717) is 5.56 Å². The van der Waals surface area contributed by atoms with Gasteiger partial charge in [0.25, 0.3) is 11.6 Å². The van der Waals surface area contributed by atoms with Crippen molar-refractivity contribution >= 4 is 23.3 Å². The summed E-state index contributed by atoms with van der Waals surface area (Å²) in [6, 6.07) is 12.5. The molecule has 0 fully saturated rings. The number of carbonyl (C=O) groups excluding carboxylic acids is 2. The van der Waals surface area contributed by atoms with Gasteiger partial charge < -0.3 is 10.1 Å². The fourth-order valence-electron chi connectivity index (χ4n) is 2.64. The van der Waals surface area contributed by atoms with Crippen LogP contribution < -0.4 is 5.32 Å². The molecule has 1 N–H and O–H groups in total. The van der Waals surface area contributed by atoms with Gasteiger partial charge in [-0.3, -0.25) is 19.7 Å². The molecule has 27 heavy (non-hydrogen) atoms. The fraction of sp³-hybridized carbons (Fsp3) is 0.300. The van der Waals surface area contributed by atoms with E-state index in [1.807, 2.05) is 37.3 Å². The zero-order chi connectivity index (χ0) is 20.0. The molecule has 0 saturated heterocycles. The summed E-state index contributed by atoms with van der Waals surface area (Å²) in [5, 5.41) is 13.6. The molecule has 7 nitrogen and oxygen atoms in total. The van der Waals surface area contributed by atoms with Crippen LogP contribution in [0.3, 0.4) is 0 Å². The second-order valence-electron chi connectivity index (χ2n) is 6.38. The Hall–Kier alpha value is -3.22. The van der Waals surface area contributed by atoms with Crippen molar-refractivity contribution < 1.29 is 19.2 Å². The van der Waals surface area contributed by atoms with Gasteiger partial charge in [-0.1, -0.05) is 43.3 Å². The van der Waals surface area contributed by atoms with Crippen LogP contribution in [0.15, 0.2) is 42.5 Å². The quantitative estimate of drug-likeness (QED) is 0.453. The molecule has 0 unspecified atom stereocenters. The van der Waals surface area contributed by atoms with E-state index in [4.69, 9.17) is 4.74 Å². The Kier molecular flexibility index (Phi) is 6.65. The Balaban J connectivity index is 1.94. The first-order chi connectivity index (χ1) is 12.8. The lowest BCUT2D eigenvalue weighted by molar-refractivity contribution is -0.384. The maximum Gasteiger partial charge on any atom is 0.306 e. The lowest BCUT2D eigenvalue weighted by Crippen LogP contribution is -2.22. The van der Waals surface area contributed by atoms with Gasteiger partial charge in [0.1, 0.15) is 5.69 Å². The standard InChI is InChI=1S/C20H22N2O5/c1-13-9-10-17(22(25)26)20(15(13)3)21-18(23)12-27-19(24)11-14(2)16-7-5-4-6-8-16/h4-10,14H,11-12H2,1-3H3,(H,21,23)/t14-/m1/s1. The van der Waals surface area contributed by atoms with Crippen molar-refractivity contribution in [1.29, 1.82) is 0 Å². The van der Waals surface area contributed by atoms with Crippen molar-refractivity contribution in [3.05, 3.63) is 69.3 Å². The maximum absolute atomic E-state index is 12.1. The smallest absolute Gasteiger partial charge is 0.306 e. The molecular formula is C20H22N2O5. The third kappa shape index (κ3) is 5.37. The molecule has 1 amide bonds. The number of hydrogen-bond acceptors (Lipinski definition) is 5. The number of anilines is 1. The molecule has 2 aromatic carbocycles. The van der Waals surface area contributed by atoms with Crippen molar-refractivity contribution in [2.24, 2.45) is 0 Å². The highest BCUT2D eigenvalue weighted by Crippen LogP contribution is 2.30. The van der Waals surface area contributed by atoms with Crippen molar-refractivity contribution in [2.45, 2.75) is 33.1 Å². The minimum Gasteiger partial charge on any atom is -0.456 e. The topological polar surface area (TPSA) is 98.5 Å². The van der Waals surface area contributed by atoms with Crippen LogP contribution >= 0.6 is 0 Å². The predicted molar refractivity (Wildman–Crippen MR) is 102 cm³/mol. The molecule has 7 heteroatoms. The van der Waals surface area contributed by atoms with Crippen LogP contribution in [0.4, 0.5) is 11.4 Å². The second-order valence-corrected chi connectivity index (χ2v) is 6.38. The maximum atomic E-state index is 12.1. The number of nitro benzene ring substituents is 1. The minimum atomic E-state index is -0.618. The van der Waals surface area contributed by atoms with E-state index in [0.717, 1.165) is 11.1 Å². The molecule has 0 bridgehead atoms. The summed E-state index contributed by atoms with van der Waals surface area (Å²) < 4.78 is 5.02. The van der Waals surface area contributed by atoms with Crippen LogP contribution in [0.1, 0.15) is 36.0 Å². The molecule has 2 rings (SSSR count). The third-order valence-electron chi connectivity index (χ3n) is 4.38. The molecule has 142 valence electrons. The van der Waals surface area contributed by atoms with Gasteiger partial charge in [-0.25, -0.2) is 0 Å².